The van der Waals surface area contributed by atoms with Gasteiger partial charge in [-0.1, -0.05) is 60.2 Å². The number of ether oxygens (including phenoxy) is 1. The van der Waals surface area contributed by atoms with Gasteiger partial charge in [-0.3, -0.25) is 4.99 Å². The Labute approximate surface area is 125 Å². The van der Waals surface area contributed by atoms with Crippen LogP contribution in [0.15, 0.2) is 59.6 Å². The zero-order valence-electron chi connectivity index (χ0n) is 12.2. The highest BCUT2D eigenvalue weighted by Crippen LogP contribution is 2.26. The molecule has 0 fully saturated rings. The summed E-state index contributed by atoms with van der Waals surface area (Å²) in [7, 11) is 0. The molecule has 2 aromatic carbocycles. The molecule has 110 valence electrons. The second-order valence-corrected chi connectivity index (χ2v) is 4.88. The lowest BCUT2D eigenvalue weighted by Gasteiger charge is -2.18. The van der Waals surface area contributed by atoms with Crippen LogP contribution in [0.25, 0.3) is 0 Å². The van der Waals surface area contributed by atoms with Crippen molar-refractivity contribution in [2.45, 2.75) is 13.0 Å². The van der Waals surface area contributed by atoms with Crippen LogP contribution in [0.4, 0.5) is 0 Å². The quantitative estimate of drug-likeness (QED) is 0.485. The lowest BCUT2D eigenvalue weighted by atomic mass is 10.0. The van der Waals surface area contributed by atoms with Gasteiger partial charge in [-0.2, -0.15) is 0 Å². The minimum atomic E-state index is -0.110. The number of nitrogens with zero attached hydrogens (tertiary/aromatic N) is 1. The van der Waals surface area contributed by atoms with Crippen LogP contribution < -0.4 is 11.5 Å². The smallest absolute Gasteiger partial charge is 0.185 e. The number of hydrogen-bond donors (Lipinski definition) is 2. The van der Waals surface area contributed by atoms with Gasteiger partial charge >= 0.3 is 0 Å². The molecule has 0 amide bonds. The highest BCUT2D eigenvalue weighted by atomic mass is 16.5. The Morgan fingerprint density at radius 2 is 1.62 bits per heavy atom. The Morgan fingerprint density at radius 3 is 2.24 bits per heavy atom. The van der Waals surface area contributed by atoms with Gasteiger partial charge in [0, 0.05) is 0 Å². The maximum absolute atomic E-state index is 5.99. The van der Waals surface area contributed by atoms with E-state index in [1.165, 1.54) is 5.56 Å². The number of aliphatic imine (C=N–C) groups is 1. The topological polar surface area (TPSA) is 73.6 Å². The molecule has 0 spiro atoms. The van der Waals surface area contributed by atoms with Crippen LogP contribution in [-0.4, -0.2) is 19.1 Å². The third kappa shape index (κ3) is 4.61. The Bertz CT molecular complexity index is 575. The van der Waals surface area contributed by atoms with Gasteiger partial charge in [-0.25, -0.2) is 0 Å². The SMILES string of the molecule is Cc1ccc(C(OCCN=C(N)N)c2ccccc2)cc1. The fraction of sp³-hybridized carbons (Fsp3) is 0.235. The van der Waals surface area contributed by atoms with Gasteiger partial charge in [0.1, 0.15) is 6.10 Å². The van der Waals surface area contributed by atoms with Crippen molar-refractivity contribution in [3.8, 4) is 0 Å². The van der Waals surface area contributed by atoms with Crippen LogP contribution in [0.1, 0.15) is 22.8 Å². The first-order chi connectivity index (χ1) is 10.2. The summed E-state index contributed by atoms with van der Waals surface area (Å²) in [6.45, 7) is 2.99. The van der Waals surface area contributed by atoms with E-state index in [2.05, 4.69) is 48.3 Å². The van der Waals surface area contributed by atoms with Gasteiger partial charge in [0.25, 0.3) is 0 Å². The molecule has 0 aliphatic carbocycles. The van der Waals surface area contributed by atoms with Crippen LogP contribution in [0, 0.1) is 6.92 Å². The molecule has 0 aromatic heterocycles. The van der Waals surface area contributed by atoms with Gasteiger partial charge in [0.2, 0.25) is 0 Å². The van der Waals surface area contributed by atoms with Crippen molar-refractivity contribution in [1.29, 1.82) is 0 Å². The van der Waals surface area contributed by atoms with Gasteiger partial charge in [0.05, 0.1) is 13.2 Å². The molecule has 1 atom stereocenters. The number of nitrogens with two attached hydrogens (primary N) is 2. The molecule has 0 saturated carbocycles. The fourth-order valence-electron chi connectivity index (χ4n) is 2.10. The van der Waals surface area contributed by atoms with Crippen molar-refractivity contribution < 1.29 is 4.74 Å². The first-order valence-electron chi connectivity index (χ1n) is 6.95. The summed E-state index contributed by atoms with van der Waals surface area (Å²) in [5.74, 6) is 0.0881. The maximum atomic E-state index is 5.99. The molecule has 21 heavy (non-hydrogen) atoms. The average molecular weight is 283 g/mol. The highest BCUT2D eigenvalue weighted by Gasteiger charge is 2.14. The third-order valence-electron chi connectivity index (χ3n) is 3.15. The number of benzene rings is 2. The van der Waals surface area contributed by atoms with E-state index in [0.29, 0.717) is 13.2 Å². The summed E-state index contributed by atoms with van der Waals surface area (Å²) in [6.07, 6.45) is -0.110. The van der Waals surface area contributed by atoms with E-state index in [0.717, 1.165) is 11.1 Å². The molecule has 0 bridgehead atoms. The molecular weight excluding hydrogens is 262 g/mol. The van der Waals surface area contributed by atoms with Gasteiger partial charge in [-0.15, -0.1) is 0 Å². The number of aryl methyl sites for hydroxylation is 1. The van der Waals surface area contributed by atoms with Crippen molar-refractivity contribution in [3.05, 3.63) is 71.3 Å². The average Bonchev–Trinajstić information content (AvgIpc) is 2.49. The van der Waals surface area contributed by atoms with Crippen molar-refractivity contribution >= 4 is 5.96 Å². The van der Waals surface area contributed by atoms with E-state index >= 15 is 0 Å². The Balaban J connectivity index is 2.15. The van der Waals surface area contributed by atoms with Gasteiger partial charge in [0.15, 0.2) is 5.96 Å². The maximum Gasteiger partial charge on any atom is 0.185 e. The van der Waals surface area contributed by atoms with Crippen molar-refractivity contribution in [2.24, 2.45) is 16.5 Å². The van der Waals surface area contributed by atoms with Crippen LogP contribution in [0.5, 0.6) is 0 Å². The number of guanidine groups is 1. The van der Waals surface area contributed by atoms with Crippen LogP contribution in [-0.2, 0) is 4.74 Å². The molecule has 0 radical (unpaired) electrons. The first kappa shape index (κ1) is 15.1. The Hall–Kier alpha value is -2.33. The highest BCUT2D eigenvalue weighted by molar-refractivity contribution is 5.75. The minimum absolute atomic E-state index is 0.0881. The minimum Gasteiger partial charge on any atom is -0.370 e. The molecular formula is C17H21N3O. The molecule has 0 saturated heterocycles. The predicted octanol–water partition coefficient (Wildman–Crippen LogP) is 2.37. The summed E-state index contributed by atoms with van der Waals surface area (Å²) in [5.41, 5.74) is 14.1. The molecule has 2 aromatic rings. The largest absolute Gasteiger partial charge is 0.370 e. The van der Waals surface area contributed by atoms with Crippen LogP contribution >= 0.6 is 0 Å². The number of rotatable bonds is 6. The van der Waals surface area contributed by atoms with E-state index in [9.17, 15) is 0 Å². The third-order valence-corrected chi connectivity index (χ3v) is 3.15. The molecule has 4 N–H and O–H groups in total. The Kier molecular flexibility index (Phi) is 5.35. The Morgan fingerprint density at radius 1 is 1.00 bits per heavy atom. The normalized spacial score (nSPS) is 11.9. The lowest BCUT2D eigenvalue weighted by Crippen LogP contribution is -2.23. The van der Waals surface area contributed by atoms with E-state index in [-0.39, 0.29) is 12.1 Å². The van der Waals surface area contributed by atoms with E-state index in [4.69, 9.17) is 16.2 Å². The summed E-state index contributed by atoms with van der Waals surface area (Å²) < 4.78 is 5.99. The molecule has 4 nitrogen and oxygen atoms in total. The van der Waals surface area contributed by atoms with Crippen molar-refractivity contribution in [3.63, 3.8) is 0 Å². The zero-order valence-corrected chi connectivity index (χ0v) is 12.2. The molecule has 4 heteroatoms. The predicted molar refractivity (Wildman–Crippen MR) is 86.1 cm³/mol. The monoisotopic (exact) mass is 283 g/mol. The lowest BCUT2D eigenvalue weighted by molar-refractivity contribution is 0.0867. The van der Waals surface area contributed by atoms with Gasteiger partial charge in [-0.05, 0) is 18.1 Å². The summed E-state index contributed by atoms with van der Waals surface area (Å²) in [6, 6.07) is 18.5. The van der Waals surface area contributed by atoms with Crippen molar-refractivity contribution in [2.75, 3.05) is 13.2 Å². The summed E-state index contributed by atoms with van der Waals surface area (Å²) in [5, 5.41) is 0. The van der Waals surface area contributed by atoms with Crippen molar-refractivity contribution in [1.82, 2.24) is 0 Å². The van der Waals surface area contributed by atoms with E-state index < -0.39 is 0 Å². The summed E-state index contributed by atoms with van der Waals surface area (Å²) >= 11 is 0. The van der Waals surface area contributed by atoms with E-state index in [1.54, 1.807) is 0 Å². The second kappa shape index (κ2) is 7.45. The first-order valence-corrected chi connectivity index (χ1v) is 6.95. The zero-order chi connectivity index (χ0) is 15.1. The molecule has 0 heterocycles. The van der Waals surface area contributed by atoms with Gasteiger partial charge < -0.3 is 16.2 Å². The second-order valence-electron chi connectivity index (χ2n) is 4.88. The number of hydrogen-bond acceptors (Lipinski definition) is 2. The fourth-order valence-corrected chi connectivity index (χ4v) is 2.10. The molecule has 0 aliphatic rings. The summed E-state index contributed by atoms with van der Waals surface area (Å²) in [4.78, 5) is 3.95. The van der Waals surface area contributed by atoms with Crippen LogP contribution in [0.2, 0.25) is 0 Å². The standard InChI is InChI=1S/C17H21N3O/c1-13-7-9-15(10-8-13)16(14-5-3-2-4-6-14)21-12-11-20-17(18)19/h2-10,16H,11-12H2,1H3,(H4,18,19,20). The van der Waals surface area contributed by atoms with Crippen LogP contribution in [0.3, 0.4) is 0 Å². The van der Waals surface area contributed by atoms with E-state index in [1.807, 2.05) is 18.2 Å². The molecule has 2 rings (SSSR count). The molecule has 0 aliphatic heterocycles. The molecule has 1 unspecified atom stereocenters.